The summed E-state index contributed by atoms with van der Waals surface area (Å²) in [5.74, 6) is 0.343. The lowest BCUT2D eigenvalue weighted by Crippen LogP contribution is -2.27. The average Bonchev–Trinajstić information content (AvgIpc) is 3.20. The minimum absolute atomic E-state index is 0.357. The van der Waals surface area contributed by atoms with E-state index in [0.717, 1.165) is 5.56 Å². The molecule has 1 atom stereocenters. The number of carbonyl (C=O) groups excluding carboxylic acids is 1. The first-order valence-electron chi connectivity index (χ1n) is 7.75. The van der Waals surface area contributed by atoms with E-state index in [9.17, 15) is 10.1 Å². The van der Waals surface area contributed by atoms with Crippen LogP contribution in [0, 0.1) is 11.3 Å². The summed E-state index contributed by atoms with van der Waals surface area (Å²) in [4.78, 5) is 12.0. The van der Waals surface area contributed by atoms with E-state index in [1.165, 1.54) is 12.5 Å². The summed E-state index contributed by atoms with van der Waals surface area (Å²) < 4.78 is 10.6. The van der Waals surface area contributed by atoms with Gasteiger partial charge in [0.05, 0.1) is 17.9 Å². The molecule has 0 unspecified atom stereocenters. The summed E-state index contributed by atoms with van der Waals surface area (Å²) in [6.07, 6.45) is 2.75. The predicted molar refractivity (Wildman–Crippen MR) is 91.7 cm³/mol. The van der Waals surface area contributed by atoms with Crippen molar-refractivity contribution < 1.29 is 13.9 Å². The summed E-state index contributed by atoms with van der Waals surface area (Å²) >= 11 is 0. The molecule has 124 valence electrons. The Morgan fingerprint density at radius 3 is 2.52 bits per heavy atom. The number of benzene rings is 2. The highest BCUT2D eigenvalue weighted by atomic mass is 16.5. The van der Waals surface area contributed by atoms with Crippen molar-refractivity contribution in [3.63, 3.8) is 0 Å². The third-order valence-electron chi connectivity index (χ3n) is 3.65. The zero-order valence-electron chi connectivity index (χ0n) is 13.4. The normalized spacial score (nSPS) is 11.3. The molecule has 3 aromatic rings. The molecule has 0 aliphatic rings. The highest BCUT2D eigenvalue weighted by Gasteiger charge is 2.15. The van der Waals surface area contributed by atoms with Gasteiger partial charge in [0.1, 0.15) is 24.7 Å². The van der Waals surface area contributed by atoms with E-state index < -0.39 is 6.04 Å². The lowest BCUT2D eigenvalue weighted by atomic mass is 10.1. The minimum atomic E-state index is -0.745. The number of ether oxygens (including phenoxy) is 1. The van der Waals surface area contributed by atoms with Crippen LogP contribution in [0.3, 0.4) is 0 Å². The fourth-order valence-electron chi connectivity index (χ4n) is 2.30. The molecule has 0 spiro atoms. The molecule has 0 fully saturated rings. The Kier molecular flexibility index (Phi) is 5.13. The number of hydrogen-bond acceptors (Lipinski definition) is 4. The minimum Gasteiger partial charge on any atom is -0.489 e. The second-order valence-corrected chi connectivity index (χ2v) is 5.39. The van der Waals surface area contributed by atoms with Crippen LogP contribution < -0.4 is 10.1 Å². The maximum atomic E-state index is 12.0. The van der Waals surface area contributed by atoms with E-state index in [0.29, 0.717) is 23.5 Å². The van der Waals surface area contributed by atoms with Gasteiger partial charge in [-0.05, 0) is 29.3 Å². The monoisotopic (exact) mass is 332 g/mol. The van der Waals surface area contributed by atoms with Gasteiger partial charge in [0, 0.05) is 0 Å². The van der Waals surface area contributed by atoms with E-state index in [1.54, 1.807) is 30.3 Å². The molecular formula is C20H16N2O3. The van der Waals surface area contributed by atoms with Crippen molar-refractivity contribution in [2.24, 2.45) is 0 Å². The van der Waals surface area contributed by atoms with Crippen LogP contribution in [0.1, 0.15) is 27.5 Å². The smallest absolute Gasteiger partial charge is 0.255 e. The Morgan fingerprint density at radius 2 is 1.88 bits per heavy atom. The molecule has 0 aliphatic heterocycles. The highest BCUT2D eigenvalue weighted by molar-refractivity contribution is 5.94. The molecule has 0 saturated heterocycles. The van der Waals surface area contributed by atoms with Crippen LogP contribution in [0.15, 0.2) is 77.6 Å². The molecule has 5 heteroatoms. The van der Waals surface area contributed by atoms with Crippen LogP contribution in [0.25, 0.3) is 0 Å². The molecule has 0 radical (unpaired) electrons. The van der Waals surface area contributed by atoms with Crippen molar-refractivity contribution in [3.05, 3.63) is 89.9 Å². The molecule has 0 bridgehead atoms. The van der Waals surface area contributed by atoms with E-state index in [1.807, 2.05) is 30.3 Å². The van der Waals surface area contributed by atoms with Crippen molar-refractivity contribution in [3.8, 4) is 11.8 Å². The van der Waals surface area contributed by atoms with Gasteiger partial charge in [-0.2, -0.15) is 5.26 Å². The van der Waals surface area contributed by atoms with Gasteiger partial charge in [-0.25, -0.2) is 0 Å². The zero-order chi connectivity index (χ0) is 17.5. The van der Waals surface area contributed by atoms with Crippen LogP contribution in [0.5, 0.6) is 5.75 Å². The average molecular weight is 332 g/mol. The first-order chi connectivity index (χ1) is 12.3. The van der Waals surface area contributed by atoms with E-state index in [2.05, 4.69) is 11.4 Å². The predicted octanol–water partition coefficient (Wildman–Crippen LogP) is 3.85. The van der Waals surface area contributed by atoms with Crippen LogP contribution in [-0.2, 0) is 6.61 Å². The van der Waals surface area contributed by atoms with E-state index in [-0.39, 0.29) is 5.91 Å². The lowest BCUT2D eigenvalue weighted by Gasteiger charge is -2.12. The van der Waals surface area contributed by atoms with Crippen LogP contribution in [0.2, 0.25) is 0 Å². The van der Waals surface area contributed by atoms with Crippen LogP contribution in [-0.4, -0.2) is 5.91 Å². The topological polar surface area (TPSA) is 75.3 Å². The fourth-order valence-corrected chi connectivity index (χ4v) is 2.30. The number of furan rings is 1. The second kappa shape index (κ2) is 7.84. The number of rotatable bonds is 6. The first-order valence-corrected chi connectivity index (χ1v) is 7.75. The van der Waals surface area contributed by atoms with Crippen molar-refractivity contribution in [1.82, 2.24) is 5.32 Å². The first kappa shape index (κ1) is 16.3. The molecular weight excluding hydrogens is 316 g/mol. The van der Waals surface area contributed by atoms with Gasteiger partial charge in [-0.15, -0.1) is 0 Å². The van der Waals surface area contributed by atoms with Gasteiger partial charge >= 0.3 is 0 Å². The number of carbonyl (C=O) groups is 1. The van der Waals surface area contributed by atoms with Crippen LogP contribution >= 0.6 is 0 Å². The molecule has 1 heterocycles. The summed E-state index contributed by atoms with van der Waals surface area (Å²) in [5, 5.41) is 12.0. The number of amides is 1. The Hall–Kier alpha value is -3.52. The van der Waals surface area contributed by atoms with E-state index >= 15 is 0 Å². The molecule has 1 aromatic heterocycles. The molecule has 25 heavy (non-hydrogen) atoms. The van der Waals surface area contributed by atoms with Gasteiger partial charge in [0.15, 0.2) is 0 Å². The van der Waals surface area contributed by atoms with Gasteiger partial charge in [0.2, 0.25) is 0 Å². The number of nitrogens with one attached hydrogen (secondary N) is 1. The Bertz CT molecular complexity index is 850. The number of nitriles is 1. The Morgan fingerprint density at radius 1 is 1.12 bits per heavy atom. The summed E-state index contributed by atoms with van der Waals surface area (Å²) in [6, 6.07) is 19.9. The third-order valence-corrected chi connectivity index (χ3v) is 3.65. The quantitative estimate of drug-likeness (QED) is 0.744. The van der Waals surface area contributed by atoms with Crippen molar-refractivity contribution in [1.29, 1.82) is 5.26 Å². The third kappa shape index (κ3) is 4.27. The molecule has 5 nitrogen and oxygen atoms in total. The molecule has 0 aliphatic carbocycles. The lowest BCUT2D eigenvalue weighted by molar-refractivity contribution is 0.0944. The maximum absolute atomic E-state index is 12.0. The van der Waals surface area contributed by atoms with Crippen LogP contribution in [0.4, 0.5) is 0 Å². The van der Waals surface area contributed by atoms with Gasteiger partial charge < -0.3 is 14.5 Å². The zero-order valence-corrected chi connectivity index (χ0v) is 13.4. The standard InChI is InChI=1S/C20H16N2O3/c21-12-19(22-20(23)17-10-11-24-14-17)16-6-8-18(9-7-16)25-13-15-4-2-1-3-5-15/h1-11,14,19H,13H2,(H,22,23)/t19-/m0/s1. The molecule has 0 saturated carbocycles. The van der Waals surface area contributed by atoms with Gasteiger partial charge in [-0.1, -0.05) is 42.5 Å². The number of nitrogens with zero attached hydrogens (tertiary/aromatic N) is 1. The summed E-state index contributed by atoms with van der Waals surface area (Å²) in [7, 11) is 0. The highest BCUT2D eigenvalue weighted by Crippen LogP contribution is 2.19. The molecule has 1 amide bonds. The second-order valence-electron chi connectivity index (χ2n) is 5.39. The summed E-state index contributed by atoms with van der Waals surface area (Å²) in [6.45, 7) is 0.471. The maximum Gasteiger partial charge on any atom is 0.255 e. The van der Waals surface area contributed by atoms with Gasteiger partial charge in [0.25, 0.3) is 5.91 Å². The van der Waals surface area contributed by atoms with Crippen molar-refractivity contribution in [2.75, 3.05) is 0 Å². The number of hydrogen-bond donors (Lipinski definition) is 1. The fraction of sp³-hybridized carbons (Fsp3) is 0.100. The Labute approximate surface area is 145 Å². The SMILES string of the molecule is N#C[C@H](NC(=O)c1ccoc1)c1ccc(OCc2ccccc2)cc1. The van der Waals surface area contributed by atoms with Gasteiger partial charge in [-0.3, -0.25) is 4.79 Å². The largest absolute Gasteiger partial charge is 0.489 e. The summed E-state index contributed by atoms with van der Waals surface area (Å²) in [5.41, 5.74) is 2.14. The van der Waals surface area contributed by atoms with E-state index in [4.69, 9.17) is 9.15 Å². The van der Waals surface area contributed by atoms with Crippen molar-refractivity contribution in [2.45, 2.75) is 12.6 Å². The molecule has 3 rings (SSSR count). The molecule has 1 N–H and O–H groups in total. The van der Waals surface area contributed by atoms with Crippen molar-refractivity contribution >= 4 is 5.91 Å². The molecule has 2 aromatic carbocycles. The Balaban J connectivity index is 1.62.